The molecule has 0 radical (unpaired) electrons. The smallest absolute Gasteiger partial charge is 0.356 e. The van der Waals surface area contributed by atoms with Crippen molar-refractivity contribution in [3.63, 3.8) is 0 Å². The number of carbonyl (C=O) groups is 1. The molecule has 1 heterocycles. The average Bonchev–Trinajstić information content (AvgIpc) is 2.55. The van der Waals surface area contributed by atoms with E-state index in [1.54, 1.807) is 12.1 Å². The van der Waals surface area contributed by atoms with Gasteiger partial charge in [0.2, 0.25) is 0 Å². The molecular weight excluding hydrogens is 158 g/mol. The molecule has 1 aromatic heterocycles. The molecule has 0 saturated heterocycles. The largest absolute Gasteiger partial charge is 0.434 e. The summed E-state index contributed by atoms with van der Waals surface area (Å²) in [6, 6.07) is 4.59. The Bertz CT molecular complexity index is 332. The molecular formula is C8H5NO3. The van der Waals surface area contributed by atoms with Crippen LogP contribution in [0.1, 0.15) is 0 Å². The third kappa shape index (κ3) is 1.73. The molecule has 0 saturated carbocycles. The van der Waals surface area contributed by atoms with Gasteiger partial charge < -0.3 is 9.15 Å². The van der Waals surface area contributed by atoms with Crippen LogP contribution in [-0.2, 0) is 4.79 Å². The van der Waals surface area contributed by atoms with Crippen LogP contribution < -0.4 is 4.74 Å². The van der Waals surface area contributed by atoms with Gasteiger partial charge in [-0.25, -0.2) is 4.79 Å². The first-order valence-electron chi connectivity index (χ1n) is 3.08. The van der Waals surface area contributed by atoms with Crippen LogP contribution in [0.5, 0.6) is 5.95 Å². The lowest BCUT2D eigenvalue weighted by Crippen LogP contribution is -2.08. The molecule has 0 aliphatic heterocycles. The van der Waals surface area contributed by atoms with Crippen LogP contribution in [-0.4, -0.2) is 5.97 Å². The van der Waals surface area contributed by atoms with Crippen molar-refractivity contribution in [2.24, 2.45) is 0 Å². The van der Waals surface area contributed by atoms with E-state index in [0.717, 1.165) is 0 Å². The van der Waals surface area contributed by atoms with E-state index >= 15 is 0 Å². The summed E-state index contributed by atoms with van der Waals surface area (Å²) >= 11 is 0. The summed E-state index contributed by atoms with van der Waals surface area (Å²) in [6.45, 7) is 3.18. The summed E-state index contributed by atoms with van der Waals surface area (Å²) in [7, 11) is 0. The summed E-state index contributed by atoms with van der Waals surface area (Å²) in [5, 5.41) is 8.25. The van der Waals surface area contributed by atoms with E-state index in [4.69, 9.17) is 9.68 Å². The first-order valence-corrected chi connectivity index (χ1v) is 3.08. The summed E-state index contributed by atoms with van der Waals surface area (Å²) < 4.78 is 9.28. The second-order valence-corrected chi connectivity index (χ2v) is 1.91. The highest BCUT2D eigenvalue weighted by Crippen LogP contribution is 2.11. The number of rotatable bonds is 2. The molecule has 0 atom stereocenters. The number of hydrogen-bond acceptors (Lipinski definition) is 4. The third-order valence-electron chi connectivity index (χ3n) is 1.07. The van der Waals surface area contributed by atoms with Gasteiger partial charge in [0.15, 0.2) is 0 Å². The number of hydrogen-bond donors (Lipinski definition) is 0. The second-order valence-electron chi connectivity index (χ2n) is 1.91. The van der Waals surface area contributed by atoms with Crippen LogP contribution in [0.25, 0.3) is 0 Å². The third-order valence-corrected chi connectivity index (χ3v) is 1.07. The zero-order valence-electron chi connectivity index (χ0n) is 6.11. The SMILES string of the molecule is C=C(C#N)C(=O)Oc1ccco1. The minimum absolute atomic E-state index is 0.0522. The zero-order valence-corrected chi connectivity index (χ0v) is 6.11. The van der Waals surface area contributed by atoms with Crippen molar-refractivity contribution >= 4 is 5.97 Å². The maximum absolute atomic E-state index is 10.8. The molecule has 4 nitrogen and oxygen atoms in total. The molecule has 0 aromatic carbocycles. The molecule has 4 heteroatoms. The molecule has 1 aromatic rings. The van der Waals surface area contributed by atoms with E-state index in [1.807, 2.05) is 0 Å². The average molecular weight is 163 g/mol. The Morgan fingerprint density at radius 3 is 3.00 bits per heavy atom. The van der Waals surface area contributed by atoms with Gasteiger partial charge in [-0.1, -0.05) is 6.58 Å². The fourth-order valence-electron chi connectivity index (χ4n) is 0.520. The Morgan fingerprint density at radius 1 is 1.75 bits per heavy atom. The normalized spacial score (nSPS) is 8.58. The molecule has 0 amide bonds. The van der Waals surface area contributed by atoms with Crippen LogP contribution in [0.2, 0.25) is 0 Å². The zero-order chi connectivity index (χ0) is 8.97. The number of furan rings is 1. The van der Waals surface area contributed by atoms with Crippen LogP contribution in [0.3, 0.4) is 0 Å². The van der Waals surface area contributed by atoms with Crippen molar-refractivity contribution in [3.05, 3.63) is 30.5 Å². The lowest BCUT2D eigenvalue weighted by atomic mass is 10.3. The van der Waals surface area contributed by atoms with Gasteiger partial charge in [0.05, 0.1) is 6.26 Å². The maximum atomic E-state index is 10.8. The van der Waals surface area contributed by atoms with Crippen LogP contribution in [0.4, 0.5) is 0 Å². The number of esters is 1. The first kappa shape index (κ1) is 8.08. The Labute approximate surface area is 68.7 Å². The molecule has 12 heavy (non-hydrogen) atoms. The lowest BCUT2D eigenvalue weighted by Gasteiger charge is -1.95. The van der Waals surface area contributed by atoms with Gasteiger partial charge in [-0.05, 0) is 6.07 Å². The van der Waals surface area contributed by atoms with Crippen molar-refractivity contribution in [2.75, 3.05) is 0 Å². The molecule has 0 unspecified atom stereocenters. The molecule has 0 aliphatic carbocycles. The van der Waals surface area contributed by atoms with Gasteiger partial charge in [0.1, 0.15) is 11.6 Å². The first-order chi connectivity index (χ1) is 5.74. The van der Waals surface area contributed by atoms with Crippen molar-refractivity contribution in [3.8, 4) is 12.0 Å². The Hall–Kier alpha value is -2.02. The quantitative estimate of drug-likeness (QED) is 0.374. The van der Waals surface area contributed by atoms with Crippen molar-refractivity contribution in [1.82, 2.24) is 0 Å². The summed E-state index contributed by atoms with van der Waals surface area (Å²) in [4.78, 5) is 10.8. The maximum Gasteiger partial charge on any atom is 0.356 e. The van der Waals surface area contributed by atoms with Gasteiger partial charge >= 0.3 is 5.97 Å². The minimum Gasteiger partial charge on any atom is -0.434 e. The highest BCUT2D eigenvalue weighted by Gasteiger charge is 2.09. The standard InChI is InChI=1S/C8H5NO3/c1-6(5-9)8(10)12-7-3-2-4-11-7/h2-4H,1H2. The lowest BCUT2D eigenvalue weighted by molar-refractivity contribution is -0.130. The second kappa shape index (κ2) is 3.39. The Kier molecular flexibility index (Phi) is 2.29. The van der Waals surface area contributed by atoms with Crippen molar-refractivity contribution in [2.45, 2.75) is 0 Å². The molecule has 60 valence electrons. The van der Waals surface area contributed by atoms with Gasteiger partial charge in [-0.3, -0.25) is 0 Å². The minimum atomic E-state index is -0.799. The molecule has 0 spiro atoms. The van der Waals surface area contributed by atoms with E-state index in [-0.39, 0.29) is 11.5 Å². The number of nitriles is 1. The topological polar surface area (TPSA) is 63.2 Å². The molecule has 0 N–H and O–H groups in total. The Balaban J connectivity index is 2.61. The fourth-order valence-corrected chi connectivity index (χ4v) is 0.520. The van der Waals surface area contributed by atoms with Crippen LogP contribution in [0, 0.1) is 11.3 Å². The highest BCUT2D eigenvalue weighted by atomic mass is 16.6. The fraction of sp³-hybridized carbons (Fsp3) is 0. The van der Waals surface area contributed by atoms with E-state index in [1.165, 1.54) is 12.3 Å². The van der Waals surface area contributed by atoms with E-state index < -0.39 is 5.97 Å². The number of ether oxygens (including phenoxy) is 1. The van der Waals surface area contributed by atoms with Crippen molar-refractivity contribution in [1.29, 1.82) is 5.26 Å². The Morgan fingerprint density at radius 2 is 2.50 bits per heavy atom. The molecule has 0 fully saturated rings. The molecule has 0 aliphatic rings. The number of carbonyl (C=O) groups excluding carboxylic acids is 1. The van der Waals surface area contributed by atoms with E-state index in [9.17, 15) is 4.79 Å². The highest BCUT2D eigenvalue weighted by molar-refractivity contribution is 5.93. The summed E-state index contributed by atoms with van der Waals surface area (Å²) in [5.74, 6) is -0.746. The van der Waals surface area contributed by atoms with E-state index in [0.29, 0.717) is 0 Å². The summed E-state index contributed by atoms with van der Waals surface area (Å²) in [5.41, 5.74) is -0.258. The molecule has 1 rings (SSSR count). The molecule has 0 bridgehead atoms. The van der Waals surface area contributed by atoms with Crippen LogP contribution in [0.15, 0.2) is 35.0 Å². The van der Waals surface area contributed by atoms with Crippen molar-refractivity contribution < 1.29 is 13.9 Å². The predicted octanol–water partition coefficient (Wildman–Crippen LogP) is 1.26. The summed E-state index contributed by atoms with van der Waals surface area (Å²) in [6.07, 6.45) is 1.36. The monoisotopic (exact) mass is 163 g/mol. The van der Waals surface area contributed by atoms with E-state index in [2.05, 4.69) is 11.3 Å². The van der Waals surface area contributed by atoms with Gasteiger partial charge in [-0.2, -0.15) is 5.26 Å². The van der Waals surface area contributed by atoms with Gasteiger partial charge in [0, 0.05) is 6.07 Å². The number of nitrogens with zero attached hydrogens (tertiary/aromatic N) is 1. The van der Waals surface area contributed by atoms with Crippen LogP contribution >= 0.6 is 0 Å². The van der Waals surface area contributed by atoms with Gasteiger partial charge in [-0.15, -0.1) is 0 Å². The van der Waals surface area contributed by atoms with Gasteiger partial charge in [0.25, 0.3) is 5.95 Å². The predicted molar refractivity (Wildman–Crippen MR) is 39.1 cm³/mol.